The third-order valence-electron chi connectivity index (χ3n) is 9.02. The van der Waals surface area contributed by atoms with Crippen molar-refractivity contribution in [1.82, 2.24) is 9.80 Å². The summed E-state index contributed by atoms with van der Waals surface area (Å²) < 4.78 is 21.9. The second-order valence-corrected chi connectivity index (χ2v) is 11.7. The molecule has 0 bridgehead atoms. The third kappa shape index (κ3) is 4.72. The van der Waals surface area contributed by atoms with Crippen molar-refractivity contribution in [2.45, 2.75) is 44.5 Å². The summed E-state index contributed by atoms with van der Waals surface area (Å²) in [6.07, 6.45) is -0.0811. The number of amides is 1. The lowest BCUT2D eigenvalue weighted by Crippen LogP contribution is -2.65. The van der Waals surface area contributed by atoms with Crippen LogP contribution in [0.1, 0.15) is 35.6 Å². The van der Waals surface area contributed by atoms with Crippen LogP contribution >= 0.6 is 0 Å². The first-order valence-electron chi connectivity index (χ1n) is 14.2. The molecule has 0 aliphatic heterocycles. The highest BCUT2D eigenvalue weighted by Gasteiger charge is 2.64. The second kappa shape index (κ2) is 11.2. The Hall–Kier alpha value is -4.06. The highest BCUT2D eigenvalue weighted by Crippen LogP contribution is 2.53. The molecule has 0 spiro atoms. The Bertz CT molecular complexity index is 1570. The number of primary amides is 1. The highest BCUT2D eigenvalue weighted by molar-refractivity contribution is 6.24. The molecule has 2 aromatic carbocycles. The van der Waals surface area contributed by atoms with Crippen LogP contribution in [0.2, 0.25) is 0 Å². The second-order valence-electron chi connectivity index (χ2n) is 11.7. The van der Waals surface area contributed by atoms with Gasteiger partial charge in [-0.2, -0.15) is 0 Å². The smallest absolute Gasteiger partial charge is 0.255 e. The van der Waals surface area contributed by atoms with Crippen LogP contribution in [0, 0.1) is 17.7 Å². The lowest BCUT2D eigenvalue weighted by Gasteiger charge is -2.50. The summed E-state index contributed by atoms with van der Waals surface area (Å²) in [5.41, 5.74) is 3.18. The summed E-state index contributed by atoms with van der Waals surface area (Å²) in [7, 11) is 4.45. The minimum atomic E-state index is -2.70. The number of fused-ring (bicyclic) bond motifs is 3. The molecule has 0 aromatic heterocycles. The van der Waals surface area contributed by atoms with Crippen LogP contribution in [0.25, 0.3) is 5.76 Å². The summed E-state index contributed by atoms with van der Waals surface area (Å²) in [5.74, 6) is -7.25. The molecule has 0 saturated heterocycles. The lowest BCUT2D eigenvalue weighted by molar-refractivity contribution is -0.153. The van der Waals surface area contributed by atoms with Gasteiger partial charge in [0.2, 0.25) is 5.78 Å². The molecule has 1 fully saturated rings. The summed E-state index contributed by atoms with van der Waals surface area (Å²) in [5, 5.41) is 34.2. The van der Waals surface area contributed by atoms with E-state index in [1.165, 1.54) is 18.1 Å². The highest BCUT2D eigenvalue weighted by atomic mass is 19.1. The largest absolute Gasteiger partial charge is 0.508 e. The number of likely N-dealkylation sites (N-methyl/N-ethyl adjacent to an activating group) is 1. The Morgan fingerprint density at radius 3 is 2.42 bits per heavy atom. The van der Waals surface area contributed by atoms with Crippen LogP contribution in [0.3, 0.4) is 0 Å². The molecule has 228 valence electrons. The van der Waals surface area contributed by atoms with E-state index >= 15 is 4.39 Å². The molecule has 43 heavy (non-hydrogen) atoms. The van der Waals surface area contributed by atoms with Crippen molar-refractivity contribution >= 4 is 23.2 Å². The van der Waals surface area contributed by atoms with Gasteiger partial charge in [0, 0.05) is 35.7 Å². The average molecular weight is 594 g/mol. The third-order valence-corrected chi connectivity index (χ3v) is 9.02. The molecule has 10 nitrogen and oxygen atoms in total. The van der Waals surface area contributed by atoms with E-state index in [1.54, 1.807) is 14.1 Å². The van der Waals surface area contributed by atoms with Gasteiger partial charge in [-0.05, 0) is 51.0 Å². The van der Waals surface area contributed by atoms with Crippen molar-refractivity contribution in [3.63, 3.8) is 0 Å². The number of carbonyl (C=O) groups excluding carboxylic acids is 3. The zero-order chi connectivity index (χ0) is 31.4. The number of aliphatic hydroxyl groups excluding tert-OH is 2. The molecule has 0 radical (unpaired) electrons. The number of aliphatic hydroxyl groups is 3. The van der Waals surface area contributed by atoms with E-state index in [2.05, 4.69) is 4.90 Å². The Morgan fingerprint density at radius 2 is 1.84 bits per heavy atom. The summed E-state index contributed by atoms with van der Waals surface area (Å²) in [4.78, 5) is 42.9. The van der Waals surface area contributed by atoms with E-state index in [1.807, 2.05) is 37.3 Å². The van der Waals surface area contributed by atoms with Gasteiger partial charge in [0.1, 0.15) is 28.7 Å². The minimum absolute atomic E-state index is 0.00820. The maximum Gasteiger partial charge on any atom is 0.255 e. The van der Waals surface area contributed by atoms with Crippen molar-refractivity contribution in [3.8, 4) is 5.75 Å². The quantitative estimate of drug-likeness (QED) is 0.338. The average Bonchev–Trinajstić information content (AvgIpc) is 2.96. The van der Waals surface area contributed by atoms with Gasteiger partial charge in [-0.3, -0.25) is 24.2 Å². The molecule has 4 atom stereocenters. The maximum atomic E-state index is 16.3. The van der Waals surface area contributed by atoms with Crippen molar-refractivity contribution < 1.29 is 38.8 Å². The number of Topliss-reactive ketones (excluding diaryl/α,β-unsaturated/α-hetero) is 2. The van der Waals surface area contributed by atoms with Crippen molar-refractivity contribution in [2.75, 3.05) is 27.7 Å². The molecule has 3 aliphatic carbocycles. The first-order valence-corrected chi connectivity index (χ1v) is 14.2. The summed E-state index contributed by atoms with van der Waals surface area (Å²) >= 11 is 0. The Kier molecular flexibility index (Phi) is 7.93. The summed E-state index contributed by atoms with van der Waals surface area (Å²) in [6, 6.07) is 10.1. The molecule has 1 amide bonds. The number of methoxy groups -OCH3 is 1. The van der Waals surface area contributed by atoms with Crippen molar-refractivity contribution in [1.29, 1.82) is 0 Å². The van der Waals surface area contributed by atoms with E-state index in [0.717, 1.165) is 5.56 Å². The van der Waals surface area contributed by atoms with Crippen LogP contribution in [0.5, 0.6) is 5.75 Å². The number of hydrogen-bond donors (Lipinski definition) is 4. The number of halogens is 1. The van der Waals surface area contributed by atoms with Crippen molar-refractivity contribution in [3.05, 3.63) is 81.4 Å². The molecule has 0 unspecified atom stereocenters. The fourth-order valence-corrected chi connectivity index (χ4v) is 6.97. The fraction of sp³-hybridized carbons (Fsp3) is 0.406. The van der Waals surface area contributed by atoms with E-state index in [9.17, 15) is 29.7 Å². The number of benzene rings is 2. The molecule has 5 N–H and O–H groups in total. The normalized spacial score (nSPS) is 25.2. The van der Waals surface area contributed by atoms with E-state index in [4.69, 9.17) is 10.5 Å². The zero-order valence-electron chi connectivity index (χ0n) is 24.6. The molecule has 11 heteroatoms. The van der Waals surface area contributed by atoms with E-state index in [0.29, 0.717) is 18.7 Å². The minimum Gasteiger partial charge on any atom is -0.508 e. The van der Waals surface area contributed by atoms with Gasteiger partial charge in [-0.25, -0.2) is 4.39 Å². The molecule has 3 aliphatic rings. The number of nitrogens with two attached hydrogens (primary N) is 1. The molecule has 2 aromatic rings. The van der Waals surface area contributed by atoms with Crippen LogP contribution in [0.15, 0.2) is 53.3 Å². The van der Waals surface area contributed by atoms with Crippen LogP contribution in [-0.2, 0) is 33.9 Å². The first kappa shape index (κ1) is 30.4. The van der Waals surface area contributed by atoms with Gasteiger partial charge < -0.3 is 25.8 Å². The van der Waals surface area contributed by atoms with E-state index < -0.39 is 63.9 Å². The Labute approximate surface area is 248 Å². The maximum absolute atomic E-state index is 16.3. The number of rotatable bonds is 8. The van der Waals surface area contributed by atoms with Gasteiger partial charge in [0.15, 0.2) is 11.4 Å². The predicted octanol–water partition coefficient (Wildman–Crippen LogP) is 2.43. The van der Waals surface area contributed by atoms with Gasteiger partial charge >= 0.3 is 0 Å². The molecule has 5 rings (SSSR count). The standard InChI is InChI=1S/C32H36FN3O7/c1-5-36(14-16-9-7-6-8-10-16)15-18-13-21(43-4)23-19(25(18)33)11-17-12-20-26(35(2)3)28(38)24(31(34)41)30(40)32(20,42)29(39)22(17)27(23)37/h6-10,13,17,20,26,37,40,42H,5,11-12,14-15H2,1-4H3,(H2,34,41)/t17-,20-,26-,32-/m0/s1. The number of carbonyl (C=O) groups is 3. The Morgan fingerprint density at radius 1 is 1.16 bits per heavy atom. The molecular weight excluding hydrogens is 557 g/mol. The van der Waals surface area contributed by atoms with E-state index in [-0.39, 0.29) is 41.8 Å². The van der Waals surface area contributed by atoms with Crippen molar-refractivity contribution in [2.24, 2.45) is 17.6 Å². The van der Waals surface area contributed by atoms with Gasteiger partial charge in [0.05, 0.1) is 18.7 Å². The van der Waals surface area contributed by atoms with Crippen LogP contribution < -0.4 is 10.5 Å². The number of ether oxygens (including phenoxy) is 1. The Balaban J connectivity index is 1.61. The number of hydrogen-bond acceptors (Lipinski definition) is 9. The fourth-order valence-electron chi connectivity index (χ4n) is 6.97. The van der Waals surface area contributed by atoms with Gasteiger partial charge in [-0.15, -0.1) is 0 Å². The topological polar surface area (TPSA) is 154 Å². The summed E-state index contributed by atoms with van der Waals surface area (Å²) in [6.45, 7) is 3.47. The van der Waals surface area contributed by atoms with Crippen LogP contribution in [-0.4, -0.2) is 82.0 Å². The molecular formula is C32H36FN3O7. The number of nitrogens with zero attached hydrogens (tertiary/aromatic N) is 2. The zero-order valence-corrected chi connectivity index (χ0v) is 24.6. The molecule has 1 saturated carbocycles. The lowest BCUT2D eigenvalue weighted by atomic mass is 9.57. The predicted molar refractivity (Wildman–Crippen MR) is 155 cm³/mol. The van der Waals surface area contributed by atoms with Gasteiger partial charge in [-0.1, -0.05) is 37.3 Å². The van der Waals surface area contributed by atoms with Crippen LogP contribution in [0.4, 0.5) is 4.39 Å². The number of ketones is 2. The molecule has 0 heterocycles. The van der Waals surface area contributed by atoms with Gasteiger partial charge in [0.25, 0.3) is 5.91 Å². The first-order chi connectivity index (χ1) is 20.4. The SMILES string of the molecule is CCN(Cc1ccccc1)Cc1cc(OC)c2c(c1F)C[C@H]1C[C@H]3[C@H](N(C)C)C(=O)C(C(N)=O)=C(O)[C@@]3(O)C(=O)C1=C2O. The monoisotopic (exact) mass is 593 g/mol.